The molecule has 7 heteroatoms. The van der Waals surface area contributed by atoms with Gasteiger partial charge in [0.1, 0.15) is 5.75 Å². The number of hydrogen-bond acceptors (Lipinski definition) is 6. The fourth-order valence-corrected chi connectivity index (χ4v) is 1.77. The van der Waals surface area contributed by atoms with Crippen LogP contribution in [0.4, 0.5) is 11.4 Å². The Morgan fingerprint density at radius 3 is 2.55 bits per heavy atom. The van der Waals surface area contributed by atoms with Gasteiger partial charge in [0, 0.05) is 18.8 Å². The van der Waals surface area contributed by atoms with Crippen molar-refractivity contribution in [2.45, 2.75) is 0 Å². The smallest absolute Gasteiger partial charge is 0.238 e. The average molecular weight is 283 g/mol. The SMILES string of the molecule is COc1ccc(N)cc1NC(=O)CN(CCO)CCO. The average Bonchev–Trinajstić information content (AvgIpc) is 2.39. The van der Waals surface area contributed by atoms with Gasteiger partial charge in [0.15, 0.2) is 0 Å². The molecule has 1 aromatic rings. The minimum Gasteiger partial charge on any atom is -0.495 e. The van der Waals surface area contributed by atoms with Crippen molar-refractivity contribution in [3.05, 3.63) is 18.2 Å². The minimum atomic E-state index is -0.268. The second-order valence-corrected chi connectivity index (χ2v) is 4.23. The van der Waals surface area contributed by atoms with E-state index in [0.717, 1.165) is 0 Å². The zero-order chi connectivity index (χ0) is 15.0. The van der Waals surface area contributed by atoms with Crippen molar-refractivity contribution >= 4 is 17.3 Å². The number of nitrogens with one attached hydrogen (secondary N) is 1. The highest BCUT2D eigenvalue weighted by Gasteiger charge is 2.12. The summed E-state index contributed by atoms with van der Waals surface area (Å²) in [5, 5.41) is 20.5. The molecule has 0 radical (unpaired) electrons. The molecule has 7 nitrogen and oxygen atoms in total. The molecule has 0 atom stereocenters. The summed E-state index contributed by atoms with van der Waals surface area (Å²) < 4.78 is 5.14. The van der Waals surface area contributed by atoms with E-state index in [2.05, 4.69) is 5.32 Å². The van der Waals surface area contributed by atoms with Gasteiger partial charge in [-0.1, -0.05) is 0 Å². The summed E-state index contributed by atoms with van der Waals surface area (Å²) in [7, 11) is 1.50. The number of rotatable bonds is 8. The summed E-state index contributed by atoms with van der Waals surface area (Å²) in [6, 6.07) is 4.96. The Balaban J connectivity index is 2.67. The molecule has 0 saturated heterocycles. The van der Waals surface area contributed by atoms with Gasteiger partial charge in [-0.15, -0.1) is 0 Å². The van der Waals surface area contributed by atoms with Crippen molar-refractivity contribution < 1.29 is 19.7 Å². The highest BCUT2D eigenvalue weighted by atomic mass is 16.5. The number of benzene rings is 1. The molecule has 0 aliphatic rings. The Kier molecular flexibility index (Phi) is 6.78. The Morgan fingerprint density at radius 2 is 2.00 bits per heavy atom. The number of carbonyl (C=O) groups is 1. The van der Waals surface area contributed by atoms with Crippen LogP contribution >= 0.6 is 0 Å². The second-order valence-electron chi connectivity index (χ2n) is 4.23. The largest absolute Gasteiger partial charge is 0.495 e. The van der Waals surface area contributed by atoms with Crippen LogP contribution < -0.4 is 15.8 Å². The van der Waals surface area contributed by atoms with E-state index in [-0.39, 0.29) is 25.7 Å². The van der Waals surface area contributed by atoms with Crippen molar-refractivity contribution in [2.24, 2.45) is 0 Å². The van der Waals surface area contributed by atoms with E-state index >= 15 is 0 Å². The predicted molar refractivity (Wildman–Crippen MR) is 76.6 cm³/mol. The Labute approximate surface area is 117 Å². The van der Waals surface area contributed by atoms with Crippen LogP contribution in [0.25, 0.3) is 0 Å². The minimum absolute atomic E-state index is 0.0685. The highest BCUT2D eigenvalue weighted by Crippen LogP contribution is 2.26. The molecule has 0 heterocycles. The van der Waals surface area contributed by atoms with Gasteiger partial charge in [-0.05, 0) is 18.2 Å². The number of nitrogens with two attached hydrogens (primary N) is 1. The van der Waals surface area contributed by atoms with Crippen molar-refractivity contribution in [3.63, 3.8) is 0 Å². The fourth-order valence-electron chi connectivity index (χ4n) is 1.77. The lowest BCUT2D eigenvalue weighted by Crippen LogP contribution is -2.37. The van der Waals surface area contributed by atoms with Crippen LogP contribution in [0.1, 0.15) is 0 Å². The molecule has 0 aliphatic heterocycles. The highest BCUT2D eigenvalue weighted by molar-refractivity contribution is 5.94. The summed E-state index contributed by atoms with van der Waals surface area (Å²) in [6.45, 7) is 0.562. The summed E-state index contributed by atoms with van der Waals surface area (Å²) >= 11 is 0. The second kappa shape index (κ2) is 8.36. The molecule has 5 N–H and O–H groups in total. The number of methoxy groups -OCH3 is 1. The number of nitrogens with zero attached hydrogens (tertiary/aromatic N) is 1. The molecule has 0 aliphatic carbocycles. The lowest BCUT2D eigenvalue weighted by atomic mass is 10.2. The van der Waals surface area contributed by atoms with Crippen LogP contribution in [-0.4, -0.2) is 61.0 Å². The first-order valence-electron chi connectivity index (χ1n) is 6.28. The normalized spacial score (nSPS) is 10.6. The number of aliphatic hydroxyl groups excluding tert-OH is 2. The maximum atomic E-state index is 11.9. The van der Waals surface area contributed by atoms with Gasteiger partial charge in [0.05, 0.1) is 32.6 Å². The van der Waals surface area contributed by atoms with Crippen molar-refractivity contribution in [1.82, 2.24) is 4.90 Å². The maximum absolute atomic E-state index is 11.9. The first-order valence-corrected chi connectivity index (χ1v) is 6.28. The monoisotopic (exact) mass is 283 g/mol. The van der Waals surface area contributed by atoms with Crippen LogP contribution in [0.3, 0.4) is 0 Å². The number of aliphatic hydroxyl groups is 2. The molecule has 1 aromatic carbocycles. The summed E-state index contributed by atoms with van der Waals surface area (Å²) in [6.07, 6.45) is 0. The fraction of sp³-hybridized carbons (Fsp3) is 0.462. The van der Waals surface area contributed by atoms with Crippen LogP contribution in [0.5, 0.6) is 5.75 Å². The lowest BCUT2D eigenvalue weighted by Gasteiger charge is -2.20. The van der Waals surface area contributed by atoms with Gasteiger partial charge >= 0.3 is 0 Å². The van der Waals surface area contributed by atoms with Gasteiger partial charge in [-0.25, -0.2) is 0 Å². The van der Waals surface area contributed by atoms with E-state index in [0.29, 0.717) is 30.2 Å². The summed E-state index contributed by atoms with van der Waals surface area (Å²) in [4.78, 5) is 13.6. The number of nitrogen functional groups attached to an aromatic ring is 1. The molecular formula is C13H21N3O4. The van der Waals surface area contributed by atoms with Crippen molar-refractivity contribution in [3.8, 4) is 5.75 Å². The van der Waals surface area contributed by atoms with E-state index < -0.39 is 0 Å². The van der Waals surface area contributed by atoms with Crippen molar-refractivity contribution in [2.75, 3.05) is 51.0 Å². The maximum Gasteiger partial charge on any atom is 0.238 e. The molecule has 0 spiro atoms. The first kappa shape index (κ1) is 16.2. The van der Waals surface area contributed by atoms with Crippen LogP contribution in [0.15, 0.2) is 18.2 Å². The molecule has 0 fully saturated rings. The lowest BCUT2D eigenvalue weighted by molar-refractivity contribution is -0.117. The van der Waals surface area contributed by atoms with Gasteiger partial charge < -0.3 is 26.0 Å². The molecule has 0 saturated carbocycles. The summed E-state index contributed by atoms with van der Waals surface area (Å²) in [5.41, 5.74) is 6.68. The van der Waals surface area contributed by atoms with Crippen molar-refractivity contribution in [1.29, 1.82) is 0 Å². The number of ether oxygens (including phenoxy) is 1. The number of hydrogen-bond donors (Lipinski definition) is 4. The predicted octanol–water partition coefficient (Wildman–Crippen LogP) is -0.497. The Morgan fingerprint density at radius 1 is 1.35 bits per heavy atom. The molecule has 1 rings (SSSR count). The quantitative estimate of drug-likeness (QED) is 0.479. The van der Waals surface area contributed by atoms with Gasteiger partial charge in [-0.3, -0.25) is 9.69 Å². The zero-order valence-corrected chi connectivity index (χ0v) is 11.5. The number of amides is 1. The molecule has 0 unspecified atom stereocenters. The van der Waals surface area contributed by atoms with Gasteiger partial charge in [0.2, 0.25) is 5.91 Å². The Hall–Kier alpha value is -1.83. The van der Waals surface area contributed by atoms with E-state index in [1.807, 2.05) is 0 Å². The molecule has 1 amide bonds. The Bertz CT molecular complexity index is 434. The van der Waals surface area contributed by atoms with Crippen LogP contribution in [0, 0.1) is 0 Å². The van der Waals surface area contributed by atoms with Crippen LogP contribution in [0.2, 0.25) is 0 Å². The van der Waals surface area contributed by atoms with E-state index in [1.54, 1.807) is 23.1 Å². The summed E-state index contributed by atoms with van der Waals surface area (Å²) in [5.74, 6) is 0.249. The van der Waals surface area contributed by atoms with Crippen LogP contribution in [-0.2, 0) is 4.79 Å². The van der Waals surface area contributed by atoms with E-state index in [1.165, 1.54) is 7.11 Å². The third-order valence-corrected chi connectivity index (χ3v) is 2.70. The van der Waals surface area contributed by atoms with E-state index in [4.69, 9.17) is 20.7 Å². The van der Waals surface area contributed by atoms with E-state index in [9.17, 15) is 4.79 Å². The molecule has 112 valence electrons. The number of carbonyl (C=O) groups excluding carboxylic acids is 1. The molecule has 0 aromatic heterocycles. The first-order chi connectivity index (χ1) is 9.60. The number of anilines is 2. The van der Waals surface area contributed by atoms with Gasteiger partial charge in [-0.2, -0.15) is 0 Å². The topological polar surface area (TPSA) is 108 Å². The zero-order valence-electron chi connectivity index (χ0n) is 11.5. The standard InChI is InChI=1S/C13H21N3O4/c1-20-12-3-2-10(14)8-11(12)15-13(19)9-16(4-6-17)5-7-18/h2-3,8,17-18H,4-7,9,14H2,1H3,(H,15,19). The van der Waals surface area contributed by atoms with Gasteiger partial charge in [0.25, 0.3) is 0 Å². The third-order valence-electron chi connectivity index (χ3n) is 2.70. The molecule has 0 bridgehead atoms. The molecular weight excluding hydrogens is 262 g/mol. The molecule has 20 heavy (non-hydrogen) atoms. The third kappa shape index (κ3) is 5.04.